The fourth-order valence-corrected chi connectivity index (χ4v) is 5.49. The van der Waals surface area contributed by atoms with E-state index in [9.17, 15) is 18.5 Å². The molecule has 2 aromatic rings. The maximum atomic E-state index is 15.3. The number of carboxylic acids is 1. The Labute approximate surface area is 203 Å². The largest absolute Gasteiger partial charge is 0.481 e. The third-order valence-electron chi connectivity index (χ3n) is 6.43. The van der Waals surface area contributed by atoms with Gasteiger partial charge in [-0.05, 0) is 112 Å². The highest BCUT2D eigenvalue weighted by Crippen LogP contribution is 2.37. The van der Waals surface area contributed by atoms with E-state index in [1.54, 1.807) is 39.8 Å². The summed E-state index contributed by atoms with van der Waals surface area (Å²) < 4.78 is 43.4. The van der Waals surface area contributed by atoms with E-state index in [0.29, 0.717) is 24.3 Å². The molecule has 4 nitrogen and oxygen atoms in total. The average molecular weight is 492 g/mol. The molecule has 0 heterocycles. The highest BCUT2D eigenvalue weighted by Gasteiger charge is 2.30. The maximum Gasteiger partial charge on any atom is 0.305 e. The van der Waals surface area contributed by atoms with Gasteiger partial charge in [-0.2, -0.15) is 0 Å². The highest BCUT2D eigenvalue weighted by molar-refractivity contribution is 7.84. The molecule has 0 bridgehead atoms. The third kappa shape index (κ3) is 6.11. The standard InChI is InChI=1S/C27H35F2NO3S/c1-15-7-18(10-19-11-21(28)12-19)8-16(2)25(15)20-9-17(3)26(29)22(13-20)23(14-24(31)32)30-34(33)27(4,5)6/h7-9,13,19,21,23,30H,10-12,14H2,1-6H3,(H,31,32)/t19?,21?,23-,34?/m0/s1. The van der Waals surface area contributed by atoms with E-state index < -0.39 is 46.2 Å². The summed E-state index contributed by atoms with van der Waals surface area (Å²) in [6.07, 6.45) is 1.02. The minimum absolute atomic E-state index is 0.196. The van der Waals surface area contributed by atoms with Crippen molar-refractivity contribution < 1.29 is 22.9 Å². The van der Waals surface area contributed by atoms with Crippen molar-refractivity contribution in [2.75, 3.05) is 0 Å². The summed E-state index contributed by atoms with van der Waals surface area (Å²) in [5.41, 5.74) is 5.59. The number of hydrogen-bond acceptors (Lipinski definition) is 2. The SMILES string of the molecule is Cc1cc(-c2c(C)cc(CC3CC(F)C3)cc2C)cc([C@H](CC(=O)O)NS(=O)C(C)(C)C)c1F. The van der Waals surface area contributed by atoms with E-state index >= 15 is 4.39 Å². The predicted molar refractivity (Wildman–Crippen MR) is 133 cm³/mol. The Morgan fingerprint density at radius 1 is 1.12 bits per heavy atom. The van der Waals surface area contributed by atoms with Crippen LogP contribution in [0.15, 0.2) is 24.3 Å². The first-order valence-electron chi connectivity index (χ1n) is 11.7. The number of hydrogen-bond donors (Lipinski definition) is 2. The first kappa shape index (κ1) is 26.5. The molecule has 0 radical (unpaired) electrons. The van der Waals surface area contributed by atoms with Gasteiger partial charge in [0.05, 0.1) is 28.2 Å². The molecule has 2 aromatic carbocycles. The van der Waals surface area contributed by atoms with Gasteiger partial charge < -0.3 is 5.11 Å². The summed E-state index contributed by atoms with van der Waals surface area (Å²) in [5, 5.41) is 9.45. The minimum atomic E-state index is -1.57. The molecule has 0 aliphatic heterocycles. The molecule has 1 aliphatic rings. The van der Waals surface area contributed by atoms with Crippen LogP contribution < -0.4 is 4.72 Å². The van der Waals surface area contributed by atoms with Gasteiger partial charge in [-0.15, -0.1) is 0 Å². The number of carboxylic acid groups (broad SMARTS) is 1. The van der Waals surface area contributed by atoms with Crippen molar-refractivity contribution in [3.63, 3.8) is 0 Å². The van der Waals surface area contributed by atoms with E-state index in [-0.39, 0.29) is 5.56 Å². The van der Waals surface area contributed by atoms with Gasteiger partial charge >= 0.3 is 5.97 Å². The van der Waals surface area contributed by atoms with Crippen LogP contribution in [0.25, 0.3) is 11.1 Å². The number of aliphatic carboxylic acids is 1. The number of carbonyl (C=O) groups is 1. The molecule has 0 aromatic heterocycles. The Balaban J connectivity index is 2.01. The van der Waals surface area contributed by atoms with Crippen molar-refractivity contribution in [2.24, 2.45) is 5.92 Å². The summed E-state index contributed by atoms with van der Waals surface area (Å²) in [4.78, 5) is 11.6. The molecule has 0 spiro atoms. The zero-order valence-corrected chi connectivity index (χ0v) is 21.6. The molecule has 2 atom stereocenters. The van der Waals surface area contributed by atoms with Crippen LogP contribution in [0.3, 0.4) is 0 Å². The van der Waals surface area contributed by atoms with Gasteiger partial charge in [-0.1, -0.05) is 12.1 Å². The lowest BCUT2D eigenvalue weighted by molar-refractivity contribution is -0.137. The van der Waals surface area contributed by atoms with Crippen LogP contribution in [0, 0.1) is 32.5 Å². The molecular weight excluding hydrogens is 456 g/mol. The van der Waals surface area contributed by atoms with Crippen LogP contribution in [0.1, 0.15) is 73.9 Å². The number of nitrogens with one attached hydrogen (secondary N) is 1. The van der Waals surface area contributed by atoms with Gasteiger partial charge in [-0.3, -0.25) is 4.79 Å². The second kappa shape index (κ2) is 10.2. The van der Waals surface area contributed by atoms with Gasteiger partial charge in [0.2, 0.25) is 0 Å². The molecule has 1 unspecified atom stereocenters. The van der Waals surface area contributed by atoms with Crippen molar-refractivity contribution in [1.29, 1.82) is 0 Å². The Morgan fingerprint density at radius 2 is 1.71 bits per heavy atom. The molecule has 2 N–H and O–H groups in total. The zero-order chi connectivity index (χ0) is 25.4. The minimum Gasteiger partial charge on any atom is -0.481 e. The number of rotatable bonds is 8. The van der Waals surface area contributed by atoms with Crippen molar-refractivity contribution in [1.82, 2.24) is 4.72 Å². The Morgan fingerprint density at radius 3 is 2.21 bits per heavy atom. The number of halogens is 2. The molecule has 0 saturated heterocycles. The summed E-state index contributed by atoms with van der Waals surface area (Å²) in [5.74, 6) is -1.22. The first-order valence-corrected chi connectivity index (χ1v) is 12.9. The maximum absolute atomic E-state index is 15.3. The molecule has 1 aliphatic carbocycles. The van der Waals surface area contributed by atoms with Crippen LogP contribution in [-0.2, 0) is 22.2 Å². The van der Waals surface area contributed by atoms with E-state index in [4.69, 9.17) is 0 Å². The molecule has 1 saturated carbocycles. The van der Waals surface area contributed by atoms with Crippen LogP contribution >= 0.6 is 0 Å². The summed E-state index contributed by atoms with van der Waals surface area (Å²) in [6, 6.07) is 6.72. The smallest absolute Gasteiger partial charge is 0.305 e. The number of alkyl halides is 1. The third-order valence-corrected chi connectivity index (χ3v) is 8.04. The Hall–Kier alpha value is -2.12. The van der Waals surface area contributed by atoms with Crippen LogP contribution in [0.4, 0.5) is 8.78 Å². The van der Waals surface area contributed by atoms with Crippen LogP contribution in [-0.4, -0.2) is 26.2 Å². The van der Waals surface area contributed by atoms with Gasteiger partial charge in [0.15, 0.2) is 0 Å². The number of aryl methyl sites for hydroxylation is 3. The van der Waals surface area contributed by atoms with Crippen LogP contribution in [0.5, 0.6) is 0 Å². The van der Waals surface area contributed by atoms with Gasteiger partial charge in [0.1, 0.15) is 12.0 Å². The molecule has 186 valence electrons. The van der Waals surface area contributed by atoms with Gasteiger partial charge in [0, 0.05) is 5.56 Å². The Kier molecular flexibility index (Phi) is 7.98. The molecule has 1 fully saturated rings. The predicted octanol–water partition coefficient (Wildman–Crippen LogP) is 6.28. The molecule has 34 heavy (non-hydrogen) atoms. The molecule has 7 heteroatoms. The summed E-state index contributed by atoms with van der Waals surface area (Å²) in [7, 11) is -1.57. The second-order valence-corrected chi connectivity index (χ2v) is 12.6. The van der Waals surface area contributed by atoms with E-state index in [2.05, 4.69) is 16.9 Å². The summed E-state index contributed by atoms with van der Waals surface area (Å²) >= 11 is 0. The van der Waals surface area contributed by atoms with Crippen molar-refractivity contribution in [3.8, 4) is 11.1 Å². The normalized spacial score (nSPS) is 20.0. The average Bonchev–Trinajstić information content (AvgIpc) is 2.67. The highest BCUT2D eigenvalue weighted by atomic mass is 32.2. The zero-order valence-electron chi connectivity index (χ0n) is 20.8. The monoisotopic (exact) mass is 491 g/mol. The lowest BCUT2D eigenvalue weighted by Crippen LogP contribution is -2.37. The van der Waals surface area contributed by atoms with E-state index in [1.165, 1.54) is 5.56 Å². The van der Waals surface area contributed by atoms with Crippen molar-refractivity contribution in [2.45, 2.75) is 84.2 Å². The van der Waals surface area contributed by atoms with Gasteiger partial charge in [0.25, 0.3) is 0 Å². The number of benzene rings is 2. The van der Waals surface area contributed by atoms with Crippen molar-refractivity contribution in [3.05, 3.63) is 57.9 Å². The van der Waals surface area contributed by atoms with Gasteiger partial charge in [-0.25, -0.2) is 17.7 Å². The quantitative estimate of drug-likeness (QED) is 0.457. The van der Waals surface area contributed by atoms with E-state index in [1.807, 2.05) is 13.8 Å². The Bertz CT molecular complexity index is 1080. The fraction of sp³-hybridized carbons (Fsp3) is 0.519. The fourth-order valence-electron chi connectivity index (χ4n) is 4.67. The second-order valence-electron chi connectivity index (χ2n) is 10.6. The van der Waals surface area contributed by atoms with Crippen LogP contribution in [0.2, 0.25) is 0 Å². The topological polar surface area (TPSA) is 66.4 Å². The van der Waals surface area contributed by atoms with Crippen molar-refractivity contribution >= 4 is 17.0 Å². The van der Waals surface area contributed by atoms with E-state index in [0.717, 1.165) is 28.7 Å². The molecule has 3 rings (SSSR count). The lowest BCUT2D eigenvalue weighted by Gasteiger charge is -2.30. The lowest BCUT2D eigenvalue weighted by atomic mass is 9.78. The summed E-state index contributed by atoms with van der Waals surface area (Å²) in [6.45, 7) is 11.0. The molecule has 0 amide bonds. The first-order chi connectivity index (χ1) is 15.8. The molecular formula is C27H35F2NO3S.